The van der Waals surface area contributed by atoms with Crippen molar-refractivity contribution in [2.24, 2.45) is 0 Å². The van der Waals surface area contributed by atoms with Crippen LogP contribution in [0.4, 0.5) is 0 Å². The van der Waals surface area contributed by atoms with Crippen LogP contribution in [0.3, 0.4) is 0 Å². The molecular weight excluding hydrogens is 1250 g/mol. The molecule has 0 saturated heterocycles. The van der Waals surface area contributed by atoms with Gasteiger partial charge >= 0.3 is 11.9 Å². The van der Waals surface area contributed by atoms with Gasteiger partial charge in [-0.2, -0.15) is 0 Å². The Labute approximate surface area is 628 Å². The second-order valence-corrected chi connectivity index (χ2v) is 31.2. The van der Waals surface area contributed by atoms with E-state index in [2.05, 4.69) is 86.8 Å². The first-order chi connectivity index (χ1) is 49.6. The number of carboxylic acid groups (broad SMARTS) is 1. The number of quaternary nitrogens is 1. The zero-order valence-corrected chi connectivity index (χ0v) is 67.8. The first kappa shape index (κ1) is 97.7. The standard InChI is InChI=1S/C92H169NO8/c1-6-8-10-12-14-16-18-20-22-24-26-28-30-32-34-36-38-40-42-44-45-47-48-50-52-54-56-58-60-62-64-66-68-70-72-74-76-78-80-82-89(94)99-86-88(87-100-92(91(96)97)98-85-84-93(3,4)5)101-90(95)83-81-79-77-75-73-71-69-67-65-63-61-59-57-55-53-51-49-46-43-41-39-37-35-33-31-29-27-25-23-21-19-17-15-13-11-9-7-2/h9,11,15,17,21,23,27,29,33,35,39,41,88,92H,6-8,10,12-14,16,18-20,22,24-26,28,30-32,34,36-38,40,42-87H2,1-5H3/b11-9-,17-15-,23-21-,29-27-,35-33-,41-39-. The lowest BCUT2D eigenvalue weighted by Gasteiger charge is -2.26. The van der Waals surface area contributed by atoms with Gasteiger partial charge in [0.05, 0.1) is 40.3 Å². The highest BCUT2D eigenvalue weighted by Crippen LogP contribution is 2.21. The van der Waals surface area contributed by atoms with Gasteiger partial charge in [-0.15, -0.1) is 0 Å². The maximum Gasteiger partial charge on any atom is 0.306 e. The third-order valence-corrected chi connectivity index (χ3v) is 20.0. The molecule has 0 aromatic heterocycles. The fourth-order valence-electron chi connectivity index (χ4n) is 13.3. The summed E-state index contributed by atoms with van der Waals surface area (Å²) >= 11 is 0. The number of carbonyl (C=O) groups is 3. The lowest BCUT2D eigenvalue weighted by molar-refractivity contribution is -0.870. The van der Waals surface area contributed by atoms with E-state index in [4.69, 9.17) is 18.9 Å². The molecule has 0 fully saturated rings. The molecule has 0 aliphatic rings. The summed E-state index contributed by atoms with van der Waals surface area (Å²) in [5.74, 6) is -2.25. The maximum atomic E-state index is 13.0. The quantitative estimate of drug-likeness (QED) is 0.0195. The van der Waals surface area contributed by atoms with E-state index < -0.39 is 24.3 Å². The van der Waals surface area contributed by atoms with Gasteiger partial charge in [-0.3, -0.25) is 9.59 Å². The van der Waals surface area contributed by atoms with Gasteiger partial charge in [-0.05, 0) is 64.2 Å². The highest BCUT2D eigenvalue weighted by Gasteiger charge is 2.22. The number of likely N-dealkylation sites (N-methyl/N-ethyl adjacent to an activating group) is 1. The largest absolute Gasteiger partial charge is 0.545 e. The average Bonchev–Trinajstić information content (AvgIpc) is 1.25. The molecule has 0 aromatic rings. The van der Waals surface area contributed by atoms with Crippen LogP contribution in [0.15, 0.2) is 72.9 Å². The minimum absolute atomic E-state index is 0.149. The Bertz CT molecular complexity index is 1900. The number of hydrogen-bond donors (Lipinski definition) is 0. The average molecular weight is 1420 g/mol. The molecule has 9 heteroatoms. The normalized spacial score (nSPS) is 12.9. The monoisotopic (exact) mass is 1420 g/mol. The summed E-state index contributed by atoms with van der Waals surface area (Å²) in [5, 5.41) is 11.9. The van der Waals surface area contributed by atoms with Gasteiger partial charge < -0.3 is 33.3 Å². The zero-order valence-electron chi connectivity index (χ0n) is 67.8. The van der Waals surface area contributed by atoms with Crippen LogP contribution in [-0.4, -0.2) is 82.3 Å². The summed E-state index contributed by atoms with van der Waals surface area (Å²) in [5.41, 5.74) is 0. The number of carbonyl (C=O) groups excluding carboxylic acids is 3. The van der Waals surface area contributed by atoms with E-state index in [0.29, 0.717) is 23.9 Å². The molecule has 590 valence electrons. The number of aliphatic carboxylic acids is 1. The molecule has 0 heterocycles. The topological polar surface area (TPSA) is 111 Å². The van der Waals surface area contributed by atoms with Crippen LogP contribution in [-0.2, 0) is 33.3 Å². The van der Waals surface area contributed by atoms with Gasteiger partial charge in [0, 0.05) is 12.8 Å². The Morgan fingerprint density at radius 1 is 0.307 bits per heavy atom. The highest BCUT2D eigenvalue weighted by molar-refractivity contribution is 5.70. The Balaban J connectivity index is 3.92. The van der Waals surface area contributed by atoms with Crippen molar-refractivity contribution in [3.05, 3.63) is 72.9 Å². The Morgan fingerprint density at radius 2 is 0.564 bits per heavy atom. The Kier molecular flexibility index (Phi) is 79.7. The van der Waals surface area contributed by atoms with E-state index in [1.807, 2.05) is 21.1 Å². The fourth-order valence-corrected chi connectivity index (χ4v) is 13.3. The summed E-state index contributed by atoms with van der Waals surface area (Å²) in [6.45, 7) is 4.71. The fraction of sp³-hybridized carbons (Fsp3) is 0.837. The summed E-state index contributed by atoms with van der Waals surface area (Å²) < 4.78 is 22.9. The van der Waals surface area contributed by atoms with E-state index in [1.54, 1.807) is 0 Å². The molecule has 101 heavy (non-hydrogen) atoms. The molecule has 0 radical (unpaired) electrons. The van der Waals surface area contributed by atoms with Crippen molar-refractivity contribution in [2.45, 2.75) is 450 Å². The van der Waals surface area contributed by atoms with Crippen molar-refractivity contribution in [3.8, 4) is 0 Å². The van der Waals surface area contributed by atoms with Gasteiger partial charge in [0.2, 0.25) is 0 Å². The molecule has 9 nitrogen and oxygen atoms in total. The van der Waals surface area contributed by atoms with Crippen molar-refractivity contribution in [3.63, 3.8) is 0 Å². The molecule has 0 spiro atoms. The van der Waals surface area contributed by atoms with Gasteiger partial charge in [-0.25, -0.2) is 0 Å². The first-order valence-electron chi connectivity index (χ1n) is 44.1. The van der Waals surface area contributed by atoms with Gasteiger partial charge in [0.15, 0.2) is 12.4 Å². The minimum Gasteiger partial charge on any atom is -0.545 e. The van der Waals surface area contributed by atoms with Crippen LogP contribution in [0.25, 0.3) is 0 Å². The van der Waals surface area contributed by atoms with E-state index in [-0.39, 0.29) is 32.2 Å². The van der Waals surface area contributed by atoms with E-state index >= 15 is 0 Å². The van der Waals surface area contributed by atoms with Gasteiger partial charge in [0.25, 0.3) is 0 Å². The molecule has 0 N–H and O–H groups in total. The van der Waals surface area contributed by atoms with Crippen LogP contribution in [0.5, 0.6) is 0 Å². The maximum absolute atomic E-state index is 13.0. The van der Waals surface area contributed by atoms with E-state index in [1.165, 1.54) is 334 Å². The van der Waals surface area contributed by atoms with Crippen molar-refractivity contribution in [1.29, 1.82) is 0 Å². The molecule has 0 saturated carbocycles. The minimum atomic E-state index is -1.62. The van der Waals surface area contributed by atoms with Gasteiger partial charge in [0.1, 0.15) is 13.2 Å². The molecule has 0 aromatic carbocycles. The van der Waals surface area contributed by atoms with Crippen LogP contribution in [0, 0.1) is 0 Å². The molecule has 0 bridgehead atoms. The van der Waals surface area contributed by atoms with Gasteiger partial charge in [-0.1, -0.05) is 433 Å². The van der Waals surface area contributed by atoms with Crippen molar-refractivity contribution in [2.75, 3.05) is 47.5 Å². The second kappa shape index (κ2) is 82.4. The smallest absolute Gasteiger partial charge is 0.306 e. The third-order valence-electron chi connectivity index (χ3n) is 20.0. The number of carboxylic acids is 1. The molecule has 0 aliphatic heterocycles. The second-order valence-electron chi connectivity index (χ2n) is 31.2. The number of unbranched alkanes of at least 4 members (excludes halogenated alkanes) is 56. The van der Waals surface area contributed by atoms with Crippen molar-refractivity contribution < 1.29 is 42.9 Å². The SMILES string of the molecule is CC/C=C\C/C=C\C/C=C\C/C=C\C/C=C\C/C=C\CCCCCCCCCCCCCCCCCCCCC(=O)OC(COC(=O)CCCCCCCCCCCCCCCCCCCCCCCCCCCCCCCCCCCCCCCCC)COC(OCC[N+](C)(C)C)C(=O)[O-]. The third kappa shape index (κ3) is 83.9. The van der Waals surface area contributed by atoms with Crippen LogP contribution in [0.1, 0.15) is 438 Å². The Morgan fingerprint density at radius 3 is 0.842 bits per heavy atom. The highest BCUT2D eigenvalue weighted by atomic mass is 16.7. The lowest BCUT2D eigenvalue weighted by atomic mass is 10.0. The number of ether oxygens (including phenoxy) is 4. The van der Waals surface area contributed by atoms with E-state index in [9.17, 15) is 19.5 Å². The summed E-state index contributed by atoms with van der Waals surface area (Å²) in [4.78, 5) is 37.7. The number of rotatable bonds is 83. The van der Waals surface area contributed by atoms with E-state index in [0.717, 1.165) is 70.6 Å². The van der Waals surface area contributed by atoms with Crippen LogP contribution in [0.2, 0.25) is 0 Å². The number of allylic oxidation sites excluding steroid dienone is 12. The molecule has 0 rings (SSSR count). The molecule has 2 unspecified atom stereocenters. The van der Waals surface area contributed by atoms with Crippen LogP contribution < -0.4 is 5.11 Å². The van der Waals surface area contributed by atoms with Crippen LogP contribution >= 0.6 is 0 Å². The molecule has 0 amide bonds. The zero-order chi connectivity index (χ0) is 73.2. The summed E-state index contributed by atoms with van der Waals surface area (Å²) in [6, 6.07) is 0. The predicted molar refractivity (Wildman–Crippen MR) is 435 cm³/mol. The molecular formula is C92H169NO8. The number of nitrogens with zero attached hydrogens (tertiary/aromatic N) is 1. The lowest BCUT2D eigenvalue weighted by Crippen LogP contribution is -2.44. The van der Waals surface area contributed by atoms with Crippen molar-refractivity contribution in [1.82, 2.24) is 0 Å². The first-order valence-corrected chi connectivity index (χ1v) is 44.1. The molecule has 2 atom stereocenters. The summed E-state index contributed by atoms with van der Waals surface area (Å²) in [7, 11) is 5.95. The van der Waals surface area contributed by atoms with Crippen molar-refractivity contribution >= 4 is 17.9 Å². The summed E-state index contributed by atoms with van der Waals surface area (Å²) in [6.07, 6.45) is 109. The molecule has 0 aliphatic carbocycles. The Hall–Kier alpha value is -3.27. The predicted octanol–water partition coefficient (Wildman–Crippen LogP) is 27.4. The number of hydrogen-bond acceptors (Lipinski definition) is 8. The number of esters is 2.